The van der Waals surface area contributed by atoms with E-state index in [0.717, 1.165) is 6.42 Å². The number of unbranched alkanes of at least 4 members (excludes halogenated alkanes) is 2. The van der Waals surface area contributed by atoms with Gasteiger partial charge in [0, 0.05) is 13.1 Å². The monoisotopic (exact) mass is 650 g/mol. The zero-order valence-corrected chi connectivity index (χ0v) is 28.0. The summed E-state index contributed by atoms with van der Waals surface area (Å²) in [6.45, 7) is 15.0. The largest absolute Gasteiger partial charge is 0.480 e. The second-order valence-corrected chi connectivity index (χ2v) is 13.3. The highest BCUT2D eigenvalue weighted by atomic mass is 16.6. The van der Waals surface area contributed by atoms with Crippen LogP contribution in [0, 0.1) is 0 Å². The van der Waals surface area contributed by atoms with E-state index in [4.69, 9.17) is 19.3 Å². The molecule has 0 spiro atoms. The van der Waals surface area contributed by atoms with Crippen molar-refractivity contribution in [2.24, 2.45) is 0 Å². The van der Waals surface area contributed by atoms with Crippen molar-refractivity contribution >= 4 is 53.1 Å². The molecule has 2 aromatic heterocycles. The zero-order chi connectivity index (χ0) is 34.9. The van der Waals surface area contributed by atoms with E-state index in [2.05, 4.69) is 30.9 Å². The van der Waals surface area contributed by atoms with Gasteiger partial charge in [-0.3, -0.25) is 9.59 Å². The molecule has 4 N–H and O–H groups in total. The van der Waals surface area contributed by atoms with Gasteiger partial charge < -0.3 is 39.8 Å². The van der Waals surface area contributed by atoms with Crippen molar-refractivity contribution in [3.05, 3.63) is 6.33 Å². The van der Waals surface area contributed by atoms with Gasteiger partial charge in [0.15, 0.2) is 17.0 Å². The number of carboxylic acids is 1. The first kappa shape index (κ1) is 37.5. The van der Waals surface area contributed by atoms with Gasteiger partial charge in [0.25, 0.3) is 0 Å². The van der Waals surface area contributed by atoms with Crippen LogP contribution in [0.1, 0.15) is 81.6 Å². The number of hydrogen-bond donors (Lipinski definition) is 4. The van der Waals surface area contributed by atoms with Crippen molar-refractivity contribution in [2.45, 2.75) is 105 Å². The van der Waals surface area contributed by atoms with Gasteiger partial charge in [0.2, 0.25) is 11.9 Å². The molecule has 0 aliphatic rings. The lowest BCUT2D eigenvalue weighted by Gasteiger charge is -2.28. The number of fused-ring (bicyclic) bond motifs is 1. The van der Waals surface area contributed by atoms with Crippen molar-refractivity contribution in [2.75, 3.05) is 29.9 Å². The first-order chi connectivity index (χ1) is 21.1. The topological polar surface area (TPSA) is 216 Å². The highest BCUT2D eigenvalue weighted by Gasteiger charge is 2.36. The van der Waals surface area contributed by atoms with Gasteiger partial charge in [0.05, 0.1) is 6.33 Å². The van der Waals surface area contributed by atoms with Gasteiger partial charge in [-0.25, -0.2) is 19.4 Å². The van der Waals surface area contributed by atoms with Crippen LogP contribution in [0.4, 0.5) is 26.1 Å². The van der Waals surface area contributed by atoms with E-state index in [1.54, 1.807) is 62.3 Å². The van der Waals surface area contributed by atoms with Crippen LogP contribution >= 0.6 is 0 Å². The Morgan fingerprint density at radius 2 is 1.37 bits per heavy atom. The number of nitrogens with zero attached hydrogens (tertiary/aromatic N) is 5. The minimum atomic E-state index is -1.22. The van der Waals surface area contributed by atoms with E-state index in [9.17, 15) is 24.0 Å². The normalized spacial score (nSPS) is 11.8. The molecule has 17 nitrogen and oxygen atoms in total. The predicted molar refractivity (Wildman–Crippen MR) is 167 cm³/mol. The van der Waals surface area contributed by atoms with Crippen LogP contribution in [-0.2, 0) is 30.3 Å². The third-order valence-electron chi connectivity index (χ3n) is 5.37. The van der Waals surface area contributed by atoms with Crippen molar-refractivity contribution < 1.29 is 43.3 Å². The maximum Gasteiger partial charge on any atom is 0.425 e. The minimum absolute atomic E-state index is 0.0125. The molecule has 0 saturated heterocycles. The number of carbonyl (C=O) groups is 5. The number of aromatic nitrogens is 4. The Kier molecular flexibility index (Phi) is 12.7. The van der Waals surface area contributed by atoms with Crippen molar-refractivity contribution in [3.63, 3.8) is 0 Å². The number of nitrogens with one attached hydrogen (secondary N) is 3. The summed E-state index contributed by atoms with van der Waals surface area (Å²) in [5.41, 5.74) is -2.48. The average molecular weight is 651 g/mol. The standard InChI is InChI=1S/C29H46N8O9/c1-27(2,3)44-24(41)31-14-12-10-11-13-30-23-34-21-20(33-17-36(21)16-18(38)32-15-19(39)40)22(35-23)37(25(42)45-28(4,5)6)26(43)46-29(7,8)9/h17H,10-16H2,1-9H3,(H,31,41)(H,32,38)(H,39,40)(H,30,34,35). The number of anilines is 2. The fourth-order valence-corrected chi connectivity index (χ4v) is 3.66. The fourth-order valence-electron chi connectivity index (χ4n) is 3.66. The molecule has 0 unspecified atom stereocenters. The lowest BCUT2D eigenvalue weighted by Crippen LogP contribution is -2.44. The van der Waals surface area contributed by atoms with Gasteiger partial charge in [-0.15, -0.1) is 0 Å². The van der Waals surface area contributed by atoms with Crippen molar-refractivity contribution in [3.8, 4) is 0 Å². The smallest absolute Gasteiger partial charge is 0.425 e. The molecule has 2 aromatic rings. The second-order valence-electron chi connectivity index (χ2n) is 13.3. The van der Waals surface area contributed by atoms with Gasteiger partial charge >= 0.3 is 24.2 Å². The molecular weight excluding hydrogens is 604 g/mol. The van der Waals surface area contributed by atoms with Crippen molar-refractivity contribution in [1.82, 2.24) is 30.2 Å². The number of carboxylic acid groups (broad SMARTS) is 1. The first-order valence-electron chi connectivity index (χ1n) is 14.8. The molecule has 0 radical (unpaired) electrons. The number of alkyl carbamates (subject to hydrolysis) is 1. The SMILES string of the molecule is CC(C)(C)OC(=O)NCCCCCNc1nc(N(C(=O)OC(C)(C)C)C(=O)OC(C)(C)C)c2ncn(CC(=O)NCC(=O)O)c2n1. The number of hydrogen-bond acceptors (Lipinski definition) is 12. The maximum absolute atomic E-state index is 13.4. The Hall–Kier alpha value is -4.70. The number of carbonyl (C=O) groups excluding carboxylic acids is 4. The fraction of sp³-hybridized carbons (Fsp3) is 0.655. The summed E-state index contributed by atoms with van der Waals surface area (Å²) in [6.07, 6.45) is 0.667. The molecule has 2 heterocycles. The van der Waals surface area contributed by atoms with Gasteiger partial charge in [-0.05, 0) is 81.6 Å². The molecule has 0 atom stereocenters. The Bertz CT molecular complexity index is 1380. The summed E-state index contributed by atoms with van der Waals surface area (Å²) < 4.78 is 17.5. The lowest BCUT2D eigenvalue weighted by atomic mass is 10.2. The molecule has 0 bridgehead atoms. The van der Waals surface area contributed by atoms with E-state index < -0.39 is 53.5 Å². The molecule has 0 aromatic carbocycles. The summed E-state index contributed by atoms with van der Waals surface area (Å²) in [5, 5.41) is 16.9. The number of aliphatic carboxylic acids is 1. The third kappa shape index (κ3) is 13.1. The molecule has 4 amide bonds. The molecule has 0 saturated carbocycles. The summed E-state index contributed by atoms with van der Waals surface area (Å²) >= 11 is 0. The zero-order valence-electron chi connectivity index (χ0n) is 28.0. The second kappa shape index (κ2) is 15.5. The number of amides is 4. The van der Waals surface area contributed by atoms with E-state index in [1.807, 2.05) is 0 Å². The third-order valence-corrected chi connectivity index (χ3v) is 5.37. The van der Waals surface area contributed by atoms with Crippen LogP contribution in [0.5, 0.6) is 0 Å². The Balaban J connectivity index is 2.37. The molecule has 256 valence electrons. The van der Waals surface area contributed by atoms with Crippen LogP contribution in [0.3, 0.4) is 0 Å². The molecule has 0 fully saturated rings. The lowest BCUT2D eigenvalue weighted by molar-refractivity contribution is -0.138. The Morgan fingerprint density at radius 3 is 1.91 bits per heavy atom. The molecule has 0 aliphatic heterocycles. The van der Waals surface area contributed by atoms with Gasteiger partial charge in [-0.1, -0.05) is 0 Å². The van der Waals surface area contributed by atoms with Crippen LogP contribution in [-0.4, -0.2) is 91.2 Å². The minimum Gasteiger partial charge on any atom is -0.480 e. The maximum atomic E-state index is 13.4. The number of imidazole rings is 1. The molecule has 17 heteroatoms. The van der Waals surface area contributed by atoms with E-state index in [0.29, 0.717) is 30.8 Å². The molecular formula is C29H46N8O9. The Morgan fingerprint density at radius 1 is 0.804 bits per heavy atom. The van der Waals surface area contributed by atoms with Crippen LogP contribution < -0.4 is 20.9 Å². The van der Waals surface area contributed by atoms with Crippen LogP contribution in [0.25, 0.3) is 11.2 Å². The molecule has 0 aliphatic carbocycles. The number of rotatable bonds is 12. The van der Waals surface area contributed by atoms with Crippen LogP contribution in [0.15, 0.2) is 6.33 Å². The van der Waals surface area contributed by atoms with Crippen molar-refractivity contribution in [1.29, 1.82) is 0 Å². The summed E-state index contributed by atoms with van der Waals surface area (Å²) in [4.78, 5) is 75.7. The highest BCUT2D eigenvalue weighted by molar-refractivity contribution is 6.12. The summed E-state index contributed by atoms with van der Waals surface area (Å²) in [6, 6.07) is 0. The Labute approximate surface area is 267 Å². The van der Waals surface area contributed by atoms with Gasteiger partial charge in [-0.2, -0.15) is 14.9 Å². The number of ether oxygens (including phenoxy) is 3. The predicted octanol–water partition coefficient (Wildman–Crippen LogP) is 3.81. The van der Waals surface area contributed by atoms with Gasteiger partial charge in [0.1, 0.15) is 29.9 Å². The highest BCUT2D eigenvalue weighted by Crippen LogP contribution is 2.28. The average Bonchev–Trinajstić information content (AvgIpc) is 3.26. The summed E-state index contributed by atoms with van der Waals surface area (Å²) in [7, 11) is 0. The number of imide groups is 1. The van der Waals surface area contributed by atoms with Crippen LogP contribution in [0.2, 0.25) is 0 Å². The molecule has 2 rings (SSSR count). The van der Waals surface area contributed by atoms with E-state index in [1.165, 1.54) is 10.9 Å². The summed E-state index contributed by atoms with van der Waals surface area (Å²) in [5.74, 6) is -2.08. The quantitative estimate of drug-likeness (QED) is 0.190. The van der Waals surface area contributed by atoms with E-state index >= 15 is 0 Å². The first-order valence-corrected chi connectivity index (χ1v) is 14.8. The molecule has 46 heavy (non-hydrogen) atoms. The van der Waals surface area contributed by atoms with E-state index in [-0.39, 0.29) is 29.5 Å².